The van der Waals surface area contributed by atoms with Crippen molar-refractivity contribution < 1.29 is 15.3 Å². The fourth-order valence-corrected chi connectivity index (χ4v) is 2.15. The third-order valence-electron chi connectivity index (χ3n) is 2.96. The molecule has 0 saturated heterocycles. The number of phenolic OH excluding ortho intramolecular Hbond substituents is 3. The predicted molar refractivity (Wildman–Crippen MR) is 66.4 cm³/mol. The maximum Gasteiger partial charge on any atom is 0.166 e. The molecule has 3 N–H and O–H groups in total. The van der Waals surface area contributed by atoms with E-state index in [0.717, 1.165) is 10.8 Å². The lowest BCUT2D eigenvalue weighted by molar-refractivity contribution is 0.408. The van der Waals surface area contributed by atoms with Gasteiger partial charge >= 0.3 is 0 Å². The molecular formula is C14H10O3. The smallest absolute Gasteiger partial charge is 0.166 e. The fourth-order valence-electron chi connectivity index (χ4n) is 2.15. The van der Waals surface area contributed by atoms with Crippen LogP contribution in [0.3, 0.4) is 0 Å². The Bertz CT molecular complexity index is 732. The Hall–Kier alpha value is -2.42. The van der Waals surface area contributed by atoms with Crippen molar-refractivity contribution in [2.24, 2.45) is 0 Å². The monoisotopic (exact) mass is 226 g/mol. The molecule has 0 saturated carbocycles. The molecule has 3 aromatic carbocycles. The summed E-state index contributed by atoms with van der Waals surface area (Å²) in [6.07, 6.45) is 0. The first-order chi connectivity index (χ1) is 8.18. The Balaban J connectivity index is 2.67. The summed E-state index contributed by atoms with van der Waals surface area (Å²) in [7, 11) is 0. The van der Waals surface area contributed by atoms with Crippen molar-refractivity contribution in [3.63, 3.8) is 0 Å². The van der Waals surface area contributed by atoms with E-state index >= 15 is 0 Å². The van der Waals surface area contributed by atoms with Crippen LogP contribution in [0.1, 0.15) is 0 Å². The van der Waals surface area contributed by atoms with Crippen LogP contribution in [-0.4, -0.2) is 15.3 Å². The molecule has 84 valence electrons. The number of fused-ring (bicyclic) bond motifs is 3. The van der Waals surface area contributed by atoms with Crippen molar-refractivity contribution in [3.05, 3.63) is 42.5 Å². The maximum atomic E-state index is 9.92. The Morgan fingerprint density at radius 3 is 2.00 bits per heavy atom. The van der Waals surface area contributed by atoms with Gasteiger partial charge in [-0.05, 0) is 22.9 Å². The molecule has 3 aromatic rings. The third kappa shape index (κ3) is 1.29. The van der Waals surface area contributed by atoms with Gasteiger partial charge in [-0.15, -0.1) is 0 Å². The molecule has 17 heavy (non-hydrogen) atoms. The van der Waals surface area contributed by atoms with E-state index in [0.29, 0.717) is 10.8 Å². The van der Waals surface area contributed by atoms with Gasteiger partial charge in [-0.2, -0.15) is 0 Å². The highest BCUT2D eigenvalue weighted by molar-refractivity contribution is 6.13. The Labute approximate surface area is 97.2 Å². The van der Waals surface area contributed by atoms with Crippen molar-refractivity contribution in [1.29, 1.82) is 0 Å². The zero-order valence-electron chi connectivity index (χ0n) is 8.88. The van der Waals surface area contributed by atoms with Gasteiger partial charge in [-0.1, -0.05) is 30.3 Å². The van der Waals surface area contributed by atoms with Crippen LogP contribution in [0.2, 0.25) is 0 Å². The Morgan fingerprint density at radius 2 is 1.24 bits per heavy atom. The summed E-state index contributed by atoms with van der Waals surface area (Å²) in [4.78, 5) is 0. The average Bonchev–Trinajstić information content (AvgIpc) is 2.34. The van der Waals surface area contributed by atoms with Gasteiger partial charge in [0.1, 0.15) is 5.75 Å². The summed E-state index contributed by atoms with van der Waals surface area (Å²) in [6.45, 7) is 0. The second-order valence-electron chi connectivity index (χ2n) is 3.97. The van der Waals surface area contributed by atoms with Crippen LogP contribution < -0.4 is 0 Å². The molecule has 0 heterocycles. The first-order valence-corrected chi connectivity index (χ1v) is 5.24. The zero-order chi connectivity index (χ0) is 12.0. The molecular weight excluding hydrogens is 216 g/mol. The molecule has 0 unspecified atom stereocenters. The summed E-state index contributed by atoms with van der Waals surface area (Å²) >= 11 is 0. The van der Waals surface area contributed by atoms with Crippen LogP contribution in [-0.2, 0) is 0 Å². The minimum Gasteiger partial charge on any atom is -0.507 e. The normalized spacial score (nSPS) is 11.1. The Morgan fingerprint density at radius 1 is 0.588 bits per heavy atom. The van der Waals surface area contributed by atoms with Crippen LogP contribution in [0.15, 0.2) is 42.5 Å². The molecule has 0 aliphatic heterocycles. The molecule has 0 fully saturated rings. The van der Waals surface area contributed by atoms with Gasteiger partial charge in [0.15, 0.2) is 11.5 Å². The maximum absolute atomic E-state index is 9.92. The van der Waals surface area contributed by atoms with Gasteiger partial charge < -0.3 is 15.3 Å². The standard InChI is InChI=1S/C14H10O3/c15-10-3-1-2-8-4-5-9-6-7-11(16)14(17)13(9)12(8)10/h1-7,15-17H. The molecule has 0 aliphatic rings. The van der Waals surface area contributed by atoms with E-state index in [-0.39, 0.29) is 17.2 Å². The lowest BCUT2D eigenvalue weighted by Gasteiger charge is -2.08. The van der Waals surface area contributed by atoms with Crippen molar-refractivity contribution in [1.82, 2.24) is 0 Å². The van der Waals surface area contributed by atoms with Gasteiger partial charge in [-0.3, -0.25) is 0 Å². The average molecular weight is 226 g/mol. The highest BCUT2D eigenvalue weighted by atomic mass is 16.3. The minimum absolute atomic E-state index is 0.0917. The number of rotatable bonds is 0. The molecule has 3 heteroatoms. The number of phenols is 3. The summed E-state index contributed by atoms with van der Waals surface area (Å²) in [5.41, 5.74) is 0. The quantitative estimate of drug-likeness (QED) is 0.407. The second-order valence-corrected chi connectivity index (χ2v) is 3.97. The Kier molecular flexibility index (Phi) is 1.89. The number of hydrogen-bond acceptors (Lipinski definition) is 3. The minimum atomic E-state index is -0.199. The number of hydrogen-bond donors (Lipinski definition) is 3. The van der Waals surface area contributed by atoms with Crippen LogP contribution in [0.25, 0.3) is 21.5 Å². The van der Waals surface area contributed by atoms with Crippen molar-refractivity contribution in [2.75, 3.05) is 0 Å². The molecule has 3 nitrogen and oxygen atoms in total. The summed E-state index contributed by atoms with van der Waals surface area (Å²) < 4.78 is 0. The van der Waals surface area contributed by atoms with E-state index in [4.69, 9.17) is 0 Å². The summed E-state index contributed by atoms with van der Waals surface area (Å²) in [6, 6.07) is 12.0. The van der Waals surface area contributed by atoms with Crippen LogP contribution in [0.5, 0.6) is 17.2 Å². The van der Waals surface area contributed by atoms with E-state index in [1.54, 1.807) is 18.2 Å². The van der Waals surface area contributed by atoms with Crippen molar-refractivity contribution in [3.8, 4) is 17.2 Å². The van der Waals surface area contributed by atoms with Gasteiger partial charge in [-0.25, -0.2) is 0 Å². The molecule has 0 spiro atoms. The second kappa shape index (κ2) is 3.28. The highest BCUT2D eigenvalue weighted by Crippen LogP contribution is 2.41. The van der Waals surface area contributed by atoms with Crippen LogP contribution >= 0.6 is 0 Å². The van der Waals surface area contributed by atoms with E-state index in [1.165, 1.54) is 6.07 Å². The van der Waals surface area contributed by atoms with Gasteiger partial charge in [0.25, 0.3) is 0 Å². The third-order valence-corrected chi connectivity index (χ3v) is 2.96. The largest absolute Gasteiger partial charge is 0.507 e. The SMILES string of the molecule is Oc1ccc2ccc3cccc(O)c3c2c1O. The lowest BCUT2D eigenvalue weighted by atomic mass is 10.00. The molecule has 0 aliphatic carbocycles. The number of benzene rings is 3. The summed E-state index contributed by atoms with van der Waals surface area (Å²) in [5.74, 6) is -0.295. The van der Waals surface area contributed by atoms with Gasteiger partial charge in [0, 0.05) is 10.8 Å². The van der Waals surface area contributed by atoms with Crippen LogP contribution in [0, 0.1) is 0 Å². The predicted octanol–water partition coefficient (Wildman–Crippen LogP) is 3.11. The van der Waals surface area contributed by atoms with E-state index in [1.807, 2.05) is 18.2 Å². The molecule has 3 rings (SSSR count). The van der Waals surface area contributed by atoms with Crippen LogP contribution in [0.4, 0.5) is 0 Å². The van der Waals surface area contributed by atoms with Crippen molar-refractivity contribution in [2.45, 2.75) is 0 Å². The summed E-state index contributed by atoms with van der Waals surface area (Å²) in [5, 5.41) is 32.0. The fraction of sp³-hybridized carbons (Fsp3) is 0. The molecule has 0 atom stereocenters. The van der Waals surface area contributed by atoms with E-state index in [2.05, 4.69) is 0 Å². The topological polar surface area (TPSA) is 60.7 Å². The first-order valence-electron chi connectivity index (χ1n) is 5.24. The van der Waals surface area contributed by atoms with Gasteiger partial charge in [0.2, 0.25) is 0 Å². The molecule has 0 aromatic heterocycles. The molecule has 0 radical (unpaired) electrons. The van der Waals surface area contributed by atoms with E-state index < -0.39 is 0 Å². The first kappa shape index (κ1) is 9.78. The van der Waals surface area contributed by atoms with Crippen molar-refractivity contribution >= 4 is 21.5 Å². The number of aromatic hydroxyl groups is 3. The van der Waals surface area contributed by atoms with E-state index in [9.17, 15) is 15.3 Å². The zero-order valence-corrected chi connectivity index (χ0v) is 8.88. The highest BCUT2D eigenvalue weighted by Gasteiger charge is 2.11. The molecule has 0 bridgehead atoms. The van der Waals surface area contributed by atoms with Gasteiger partial charge in [0.05, 0.1) is 0 Å². The molecule has 0 amide bonds. The lowest BCUT2D eigenvalue weighted by Crippen LogP contribution is -1.80.